The van der Waals surface area contributed by atoms with Gasteiger partial charge in [0, 0.05) is 28.2 Å². The number of benzene rings is 1. The smallest absolute Gasteiger partial charge is 0.325 e. The highest BCUT2D eigenvalue weighted by Gasteiger charge is 2.40. The quantitative estimate of drug-likeness (QED) is 0.649. The molecule has 1 aliphatic heterocycles. The number of hydrogen-bond acceptors (Lipinski definition) is 4. The van der Waals surface area contributed by atoms with E-state index in [2.05, 4.69) is 15.9 Å². The van der Waals surface area contributed by atoms with Crippen molar-refractivity contribution < 1.29 is 29.7 Å². The van der Waals surface area contributed by atoms with Crippen molar-refractivity contribution in [2.24, 2.45) is 0 Å². The molecule has 9 heteroatoms. The van der Waals surface area contributed by atoms with Crippen LogP contribution in [0.1, 0.15) is 24.4 Å². The number of fused-ring (bicyclic) bond motifs is 1. The van der Waals surface area contributed by atoms with Gasteiger partial charge in [-0.3, -0.25) is 19.3 Å². The van der Waals surface area contributed by atoms with Crippen molar-refractivity contribution in [3.8, 4) is 0 Å². The Balaban J connectivity index is 2.16. The SMILES string of the molecule is O=C(O)Cn1cc(C(C(=O)O)N2CCC[C@@H]2C(=O)O)c2ccc(Br)cc21. The van der Waals surface area contributed by atoms with Crippen LogP contribution in [-0.4, -0.2) is 55.3 Å². The topological polar surface area (TPSA) is 120 Å². The maximum atomic E-state index is 12.0. The third kappa shape index (κ3) is 3.32. The Labute approximate surface area is 156 Å². The van der Waals surface area contributed by atoms with Gasteiger partial charge in [-0.15, -0.1) is 0 Å². The second-order valence-electron chi connectivity index (χ2n) is 6.24. The maximum Gasteiger partial charge on any atom is 0.325 e. The molecule has 0 aliphatic carbocycles. The van der Waals surface area contributed by atoms with Crippen LogP contribution in [0.25, 0.3) is 10.9 Å². The second kappa shape index (κ2) is 7.08. The molecule has 0 bridgehead atoms. The van der Waals surface area contributed by atoms with Crippen molar-refractivity contribution in [3.63, 3.8) is 0 Å². The predicted octanol–water partition coefficient (Wildman–Crippen LogP) is 2.16. The molecule has 3 N–H and O–H groups in total. The molecule has 1 fully saturated rings. The standard InChI is InChI=1S/C17H17BrN2O6/c18-9-3-4-10-11(7-19(8-14(21)22)13(10)6-9)15(17(25)26)20-5-1-2-12(20)16(23)24/h3-4,6-7,12,15H,1-2,5,8H2,(H,21,22)(H,23,24)(H,25,26)/t12-,15?/m1/s1. The maximum absolute atomic E-state index is 12.0. The molecule has 0 amide bonds. The molecule has 0 radical (unpaired) electrons. The number of carboxylic acid groups (broad SMARTS) is 3. The summed E-state index contributed by atoms with van der Waals surface area (Å²) in [5.41, 5.74) is 0.975. The van der Waals surface area contributed by atoms with Crippen molar-refractivity contribution in [2.45, 2.75) is 31.5 Å². The van der Waals surface area contributed by atoms with Crippen molar-refractivity contribution in [1.82, 2.24) is 9.47 Å². The molecule has 3 rings (SSSR count). The van der Waals surface area contributed by atoms with Gasteiger partial charge in [0.05, 0.1) is 5.52 Å². The van der Waals surface area contributed by atoms with Crippen molar-refractivity contribution in [1.29, 1.82) is 0 Å². The highest BCUT2D eigenvalue weighted by Crippen LogP contribution is 2.36. The van der Waals surface area contributed by atoms with Crippen LogP contribution in [0.2, 0.25) is 0 Å². The lowest BCUT2D eigenvalue weighted by Gasteiger charge is -2.27. The Bertz CT molecular complexity index is 893. The van der Waals surface area contributed by atoms with Crippen molar-refractivity contribution in [3.05, 3.63) is 34.4 Å². The Hall–Kier alpha value is -2.39. The molecule has 1 aromatic carbocycles. The normalized spacial score (nSPS) is 18.9. The van der Waals surface area contributed by atoms with E-state index in [0.29, 0.717) is 35.9 Å². The van der Waals surface area contributed by atoms with Crippen molar-refractivity contribution in [2.75, 3.05) is 6.54 Å². The zero-order chi connectivity index (χ0) is 19.0. The lowest BCUT2D eigenvalue weighted by Crippen LogP contribution is -2.41. The fraction of sp³-hybridized carbons (Fsp3) is 0.353. The van der Waals surface area contributed by atoms with Crippen LogP contribution in [0.3, 0.4) is 0 Å². The number of aliphatic carboxylic acids is 3. The first-order valence-electron chi connectivity index (χ1n) is 8.01. The Morgan fingerprint density at radius 3 is 2.58 bits per heavy atom. The van der Waals surface area contributed by atoms with Gasteiger partial charge in [0.15, 0.2) is 0 Å². The van der Waals surface area contributed by atoms with E-state index in [4.69, 9.17) is 5.11 Å². The number of nitrogens with zero attached hydrogens (tertiary/aromatic N) is 2. The average Bonchev–Trinajstić information content (AvgIpc) is 3.13. The summed E-state index contributed by atoms with van der Waals surface area (Å²) in [6.45, 7) is 0.0394. The number of carbonyl (C=O) groups is 3. The summed E-state index contributed by atoms with van der Waals surface area (Å²) in [5.74, 6) is -3.26. The van der Waals surface area contributed by atoms with E-state index in [1.165, 1.54) is 15.7 Å². The van der Waals surface area contributed by atoms with E-state index >= 15 is 0 Å². The van der Waals surface area contributed by atoms with Gasteiger partial charge in [-0.05, 0) is 25.0 Å². The molecular formula is C17H17BrN2O6. The molecule has 1 unspecified atom stereocenters. The van der Waals surface area contributed by atoms with Gasteiger partial charge in [0.1, 0.15) is 18.6 Å². The number of aromatic nitrogens is 1. The average molecular weight is 425 g/mol. The molecule has 138 valence electrons. The summed E-state index contributed by atoms with van der Waals surface area (Å²) in [6.07, 6.45) is 2.49. The highest BCUT2D eigenvalue weighted by molar-refractivity contribution is 9.10. The van der Waals surface area contributed by atoms with Gasteiger partial charge >= 0.3 is 17.9 Å². The molecule has 2 atom stereocenters. The predicted molar refractivity (Wildman–Crippen MR) is 95.0 cm³/mol. The van der Waals surface area contributed by atoms with Crippen LogP contribution < -0.4 is 0 Å². The fourth-order valence-electron chi connectivity index (χ4n) is 3.60. The van der Waals surface area contributed by atoms with E-state index in [0.717, 1.165) is 4.47 Å². The summed E-state index contributed by atoms with van der Waals surface area (Å²) in [4.78, 5) is 36.2. The summed E-state index contributed by atoms with van der Waals surface area (Å²) >= 11 is 3.34. The van der Waals surface area contributed by atoms with Gasteiger partial charge in [0.2, 0.25) is 0 Å². The molecular weight excluding hydrogens is 408 g/mol. The first-order chi connectivity index (χ1) is 12.3. The first-order valence-corrected chi connectivity index (χ1v) is 8.80. The third-order valence-electron chi connectivity index (χ3n) is 4.62. The van der Waals surface area contributed by atoms with E-state index < -0.39 is 30.0 Å². The highest BCUT2D eigenvalue weighted by atomic mass is 79.9. The second-order valence-corrected chi connectivity index (χ2v) is 7.16. The Morgan fingerprint density at radius 1 is 1.23 bits per heavy atom. The molecule has 1 aromatic heterocycles. The molecule has 2 heterocycles. The van der Waals surface area contributed by atoms with Gasteiger partial charge in [-0.1, -0.05) is 22.0 Å². The number of halogens is 1. The van der Waals surface area contributed by atoms with Crippen LogP contribution in [0.5, 0.6) is 0 Å². The summed E-state index contributed by atoms with van der Waals surface area (Å²) in [5, 5.41) is 29.0. The minimum atomic E-state index is -1.16. The fourth-order valence-corrected chi connectivity index (χ4v) is 3.95. The number of rotatable bonds is 6. The van der Waals surface area contributed by atoms with Gasteiger partial charge in [-0.2, -0.15) is 0 Å². The molecule has 1 saturated heterocycles. The molecule has 0 saturated carbocycles. The zero-order valence-corrected chi connectivity index (χ0v) is 15.2. The minimum Gasteiger partial charge on any atom is -0.480 e. The molecule has 0 spiro atoms. The lowest BCUT2D eigenvalue weighted by atomic mass is 10.0. The van der Waals surface area contributed by atoms with Gasteiger partial charge in [-0.25, -0.2) is 0 Å². The molecule has 2 aromatic rings. The van der Waals surface area contributed by atoms with Gasteiger partial charge < -0.3 is 19.9 Å². The van der Waals surface area contributed by atoms with Crippen LogP contribution in [0.15, 0.2) is 28.9 Å². The van der Waals surface area contributed by atoms with E-state index in [-0.39, 0.29) is 6.54 Å². The number of likely N-dealkylation sites (tertiary alicyclic amines) is 1. The number of hydrogen-bond donors (Lipinski definition) is 3. The Kier molecular flexibility index (Phi) is 5.01. The van der Waals surface area contributed by atoms with Crippen LogP contribution in [0, 0.1) is 0 Å². The monoisotopic (exact) mass is 424 g/mol. The van der Waals surface area contributed by atoms with Crippen LogP contribution in [-0.2, 0) is 20.9 Å². The largest absolute Gasteiger partial charge is 0.480 e. The summed E-state index contributed by atoms with van der Waals surface area (Å²) in [7, 11) is 0. The lowest BCUT2D eigenvalue weighted by molar-refractivity contribution is -0.149. The third-order valence-corrected chi connectivity index (χ3v) is 5.11. The van der Waals surface area contributed by atoms with Crippen molar-refractivity contribution >= 4 is 44.7 Å². The van der Waals surface area contributed by atoms with Crippen LogP contribution in [0.4, 0.5) is 0 Å². The van der Waals surface area contributed by atoms with Gasteiger partial charge in [0.25, 0.3) is 0 Å². The molecule has 26 heavy (non-hydrogen) atoms. The summed E-state index contributed by atoms with van der Waals surface area (Å²) in [6, 6.07) is 3.16. The molecule has 8 nitrogen and oxygen atoms in total. The Morgan fingerprint density at radius 2 is 1.96 bits per heavy atom. The summed E-state index contributed by atoms with van der Waals surface area (Å²) < 4.78 is 2.21. The number of carboxylic acids is 3. The molecule has 1 aliphatic rings. The van der Waals surface area contributed by atoms with E-state index in [1.807, 2.05) is 0 Å². The van der Waals surface area contributed by atoms with Crippen LogP contribution >= 0.6 is 15.9 Å². The first kappa shape index (κ1) is 18.4. The zero-order valence-electron chi connectivity index (χ0n) is 13.6. The van der Waals surface area contributed by atoms with E-state index in [1.54, 1.807) is 18.2 Å². The van der Waals surface area contributed by atoms with E-state index in [9.17, 15) is 24.6 Å². The minimum absolute atomic E-state index is 0.318.